The van der Waals surface area contributed by atoms with Crippen LogP contribution in [-0.2, 0) is 0 Å². The zero-order valence-electron chi connectivity index (χ0n) is 10.3. The number of aliphatic imine (C=N–C) groups is 2. The van der Waals surface area contributed by atoms with E-state index in [0.29, 0.717) is 5.17 Å². The summed E-state index contributed by atoms with van der Waals surface area (Å²) in [7, 11) is 0. The second-order valence-corrected chi connectivity index (χ2v) is 5.73. The quantitative estimate of drug-likeness (QED) is 0.372. The van der Waals surface area contributed by atoms with Crippen LogP contribution in [0.25, 0.3) is 0 Å². The molecule has 0 saturated heterocycles. The Morgan fingerprint density at radius 1 is 1.63 bits per heavy atom. The Morgan fingerprint density at radius 3 is 3.32 bits per heavy atom. The summed E-state index contributed by atoms with van der Waals surface area (Å²) in [6.45, 7) is 1.80. The molecule has 0 aromatic heterocycles. The largest absolute Gasteiger partial charge is 0.318 e. The highest BCUT2D eigenvalue weighted by molar-refractivity contribution is 8.14. The summed E-state index contributed by atoms with van der Waals surface area (Å²) < 4.78 is 0. The van der Waals surface area contributed by atoms with Crippen molar-refractivity contribution in [3.8, 4) is 6.19 Å². The maximum atomic E-state index is 8.64. The third-order valence-electron chi connectivity index (χ3n) is 2.82. The third-order valence-corrected chi connectivity index (χ3v) is 4.50. The number of benzene rings is 1. The zero-order valence-corrected chi connectivity index (χ0v) is 11.9. The van der Waals surface area contributed by atoms with Crippen molar-refractivity contribution in [3.05, 3.63) is 18.2 Å². The third kappa shape index (κ3) is 2.29. The smallest absolute Gasteiger partial charge is 0.183 e. The van der Waals surface area contributed by atoms with E-state index in [2.05, 4.69) is 26.3 Å². The van der Waals surface area contributed by atoms with Gasteiger partial charge in [0.15, 0.2) is 16.5 Å². The molecule has 0 bridgehead atoms. The van der Waals surface area contributed by atoms with Gasteiger partial charge in [-0.1, -0.05) is 11.8 Å². The Bertz CT molecular complexity index is 617. The van der Waals surface area contributed by atoms with Gasteiger partial charge in [-0.3, -0.25) is 10.3 Å². The van der Waals surface area contributed by atoms with Gasteiger partial charge >= 0.3 is 0 Å². The minimum Gasteiger partial charge on any atom is -0.318 e. The van der Waals surface area contributed by atoms with Gasteiger partial charge < -0.3 is 4.90 Å². The molecule has 0 unspecified atom stereocenters. The second kappa shape index (κ2) is 5.15. The van der Waals surface area contributed by atoms with Gasteiger partial charge in [0, 0.05) is 11.4 Å². The van der Waals surface area contributed by atoms with Gasteiger partial charge in [0.1, 0.15) is 0 Å². The van der Waals surface area contributed by atoms with E-state index in [0.717, 1.165) is 23.9 Å². The first-order chi connectivity index (χ1) is 9.31. The highest BCUT2D eigenvalue weighted by Gasteiger charge is 2.29. The first kappa shape index (κ1) is 12.4. The van der Waals surface area contributed by atoms with Crippen molar-refractivity contribution in [2.75, 3.05) is 24.2 Å². The molecule has 0 atom stereocenters. The summed E-state index contributed by atoms with van der Waals surface area (Å²) >= 11 is 3.12. The fraction of sp³-hybridized carbons (Fsp3) is 0.250. The molecule has 0 radical (unpaired) electrons. The van der Waals surface area contributed by atoms with E-state index in [9.17, 15) is 0 Å². The lowest BCUT2D eigenvalue weighted by Gasteiger charge is -2.12. The van der Waals surface area contributed by atoms with Crippen LogP contribution in [0, 0.1) is 11.5 Å². The lowest BCUT2D eigenvalue weighted by molar-refractivity contribution is 1.01. The molecule has 2 heterocycles. The Balaban J connectivity index is 1.93. The molecule has 1 N–H and O–H groups in total. The molecule has 0 saturated carbocycles. The average Bonchev–Trinajstić information content (AvgIpc) is 2.99. The van der Waals surface area contributed by atoms with Gasteiger partial charge in [0.2, 0.25) is 0 Å². The number of hydrogen-bond acceptors (Lipinski definition) is 6. The van der Waals surface area contributed by atoms with Crippen molar-refractivity contribution >= 4 is 45.2 Å². The van der Waals surface area contributed by atoms with Crippen LogP contribution in [0.1, 0.15) is 0 Å². The molecule has 2 aliphatic heterocycles. The monoisotopic (exact) mass is 289 g/mol. The van der Waals surface area contributed by atoms with E-state index in [1.54, 1.807) is 11.8 Å². The molecule has 0 aliphatic carbocycles. The van der Waals surface area contributed by atoms with E-state index in [1.165, 1.54) is 22.3 Å². The predicted octanol–water partition coefficient (Wildman–Crippen LogP) is 2.39. The topological polar surface area (TPSA) is 63.8 Å². The number of anilines is 1. The molecular formula is C12H11N5S2. The summed E-state index contributed by atoms with van der Waals surface area (Å²) in [5, 5.41) is 12.9. The Labute approximate surface area is 119 Å². The maximum absolute atomic E-state index is 8.64. The SMILES string of the molecule is CSC(=Nc1ccc2c(c1)N1CCN=C1S2)NC#N. The minimum atomic E-state index is 0.600. The summed E-state index contributed by atoms with van der Waals surface area (Å²) in [5.41, 5.74) is 2.01. The van der Waals surface area contributed by atoms with Crippen LogP contribution < -0.4 is 10.2 Å². The molecule has 0 amide bonds. The average molecular weight is 289 g/mol. The minimum absolute atomic E-state index is 0.600. The predicted molar refractivity (Wildman–Crippen MR) is 81.3 cm³/mol. The van der Waals surface area contributed by atoms with E-state index in [1.807, 2.05) is 24.6 Å². The molecule has 1 aromatic rings. The molecule has 0 fully saturated rings. The first-order valence-electron chi connectivity index (χ1n) is 5.73. The van der Waals surface area contributed by atoms with Gasteiger partial charge in [-0.05, 0) is 36.2 Å². The molecule has 0 spiro atoms. The summed E-state index contributed by atoms with van der Waals surface area (Å²) in [6, 6.07) is 6.07. The number of amidine groups is 2. The number of nitrogens with zero attached hydrogens (tertiary/aromatic N) is 4. The van der Waals surface area contributed by atoms with E-state index in [4.69, 9.17) is 5.26 Å². The lowest BCUT2D eigenvalue weighted by Crippen LogP contribution is -2.20. The van der Waals surface area contributed by atoms with Crippen molar-refractivity contribution in [1.82, 2.24) is 5.32 Å². The van der Waals surface area contributed by atoms with E-state index >= 15 is 0 Å². The molecule has 96 valence electrons. The Hall–Kier alpha value is -1.65. The Morgan fingerprint density at radius 2 is 2.53 bits per heavy atom. The first-order valence-corrected chi connectivity index (χ1v) is 7.77. The summed E-state index contributed by atoms with van der Waals surface area (Å²) in [5.74, 6) is 0. The van der Waals surface area contributed by atoms with Crippen molar-refractivity contribution in [3.63, 3.8) is 0 Å². The summed E-state index contributed by atoms with van der Waals surface area (Å²) in [6.07, 6.45) is 3.78. The van der Waals surface area contributed by atoms with Crippen LogP contribution in [0.3, 0.4) is 0 Å². The molecule has 2 aliphatic rings. The van der Waals surface area contributed by atoms with E-state index < -0.39 is 0 Å². The number of thioether (sulfide) groups is 2. The Kier molecular flexibility index (Phi) is 3.36. The van der Waals surface area contributed by atoms with Gasteiger partial charge in [0.05, 0.1) is 17.9 Å². The number of nitrogens with one attached hydrogen (secondary N) is 1. The van der Waals surface area contributed by atoms with Crippen LogP contribution in [0.5, 0.6) is 0 Å². The van der Waals surface area contributed by atoms with Crippen molar-refractivity contribution < 1.29 is 0 Å². The van der Waals surface area contributed by atoms with Crippen LogP contribution in [-0.4, -0.2) is 29.7 Å². The fourth-order valence-corrected chi connectivity index (χ4v) is 3.40. The van der Waals surface area contributed by atoms with Crippen LogP contribution in [0.4, 0.5) is 11.4 Å². The van der Waals surface area contributed by atoms with Gasteiger partial charge in [-0.15, -0.1) is 0 Å². The standard InChI is InChI=1S/C12H11N5S2/c1-18-11(15-7-13)16-8-2-3-10-9(6-8)17-5-4-14-12(17)19-10/h2-3,6H,4-5H2,1H3,(H,15,16). The van der Waals surface area contributed by atoms with Crippen LogP contribution >= 0.6 is 23.5 Å². The summed E-state index contributed by atoms with van der Waals surface area (Å²) in [4.78, 5) is 12.3. The number of rotatable bonds is 1. The molecule has 5 nitrogen and oxygen atoms in total. The second-order valence-electron chi connectivity index (χ2n) is 3.93. The highest BCUT2D eigenvalue weighted by Crippen LogP contribution is 2.43. The zero-order chi connectivity index (χ0) is 13.2. The number of nitriles is 1. The fourth-order valence-electron chi connectivity index (χ4n) is 2.00. The van der Waals surface area contributed by atoms with E-state index in [-0.39, 0.29) is 0 Å². The van der Waals surface area contributed by atoms with Crippen LogP contribution in [0.15, 0.2) is 33.1 Å². The number of hydrogen-bond donors (Lipinski definition) is 1. The molecule has 3 rings (SSSR count). The molecule has 1 aromatic carbocycles. The van der Waals surface area contributed by atoms with Crippen molar-refractivity contribution in [1.29, 1.82) is 5.26 Å². The molecule has 19 heavy (non-hydrogen) atoms. The number of fused-ring (bicyclic) bond motifs is 3. The van der Waals surface area contributed by atoms with Crippen molar-refractivity contribution in [2.24, 2.45) is 9.98 Å². The molecule has 7 heteroatoms. The van der Waals surface area contributed by atoms with Gasteiger partial charge in [-0.2, -0.15) is 5.26 Å². The van der Waals surface area contributed by atoms with Gasteiger partial charge in [-0.25, -0.2) is 4.99 Å². The van der Waals surface area contributed by atoms with Crippen LogP contribution in [0.2, 0.25) is 0 Å². The van der Waals surface area contributed by atoms with Crippen molar-refractivity contribution in [2.45, 2.75) is 4.90 Å². The maximum Gasteiger partial charge on any atom is 0.183 e. The molecular weight excluding hydrogens is 278 g/mol. The van der Waals surface area contributed by atoms with Gasteiger partial charge in [0.25, 0.3) is 0 Å². The normalized spacial score (nSPS) is 16.7. The highest BCUT2D eigenvalue weighted by atomic mass is 32.2. The lowest BCUT2D eigenvalue weighted by atomic mass is 10.2.